The summed E-state index contributed by atoms with van der Waals surface area (Å²) in [6.45, 7) is 3.19. The molecule has 1 aliphatic carbocycles. The molecule has 9 N–H and O–H groups in total. The molecule has 0 aliphatic heterocycles. The van der Waals surface area contributed by atoms with E-state index in [2.05, 4.69) is 17.4 Å². The highest BCUT2D eigenvalue weighted by Crippen LogP contribution is 2.25. The highest BCUT2D eigenvalue weighted by Gasteiger charge is 2.15. The van der Waals surface area contributed by atoms with Gasteiger partial charge in [-0.15, -0.1) is 0 Å². The maximum absolute atomic E-state index is 11.2. The number of carbonyl (C=O) groups excluding carboxylic acids is 2. The van der Waals surface area contributed by atoms with Crippen LogP contribution in [-0.4, -0.2) is 53.5 Å². The molecule has 0 bridgehead atoms. The van der Waals surface area contributed by atoms with Crippen molar-refractivity contribution in [1.29, 1.82) is 0 Å². The van der Waals surface area contributed by atoms with Crippen LogP contribution in [0.2, 0.25) is 0 Å². The fourth-order valence-corrected chi connectivity index (χ4v) is 4.01. The van der Waals surface area contributed by atoms with Crippen molar-refractivity contribution < 1.29 is 29.4 Å². The number of aliphatic carboxylic acids is 2. The van der Waals surface area contributed by atoms with Gasteiger partial charge in [0.25, 0.3) is 0 Å². The number of nitrogens with one attached hydrogen (secondary N) is 1. The first-order chi connectivity index (χ1) is 20.2. The molecule has 1 amide bonds. The Morgan fingerprint density at radius 3 is 2.05 bits per heavy atom. The van der Waals surface area contributed by atoms with Crippen molar-refractivity contribution >= 4 is 29.8 Å². The third-order valence-corrected chi connectivity index (χ3v) is 6.31. The molecule has 0 spiro atoms. The molecule has 1 atom stereocenters. The maximum atomic E-state index is 11.2. The molecular weight excluding hydrogens is 536 g/mol. The Labute approximate surface area is 250 Å². The van der Waals surface area contributed by atoms with E-state index < -0.39 is 18.0 Å². The summed E-state index contributed by atoms with van der Waals surface area (Å²) >= 11 is 0. The molecule has 0 unspecified atom stereocenters. The second kappa shape index (κ2) is 25.1. The highest BCUT2D eigenvalue weighted by molar-refractivity contribution is 5.91. The highest BCUT2D eigenvalue weighted by atomic mass is 16.4. The summed E-state index contributed by atoms with van der Waals surface area (Å²) in [5, 5.41) is 19.4. The van der Waals surface area contributed by atoms with Crippen molar-refractivity contribution in [2.45, 2.75) is 83.6 Å². The minimum absolute atomic E-state index is 0.00588. The third-order valence-electron chi connectivity index (χ3n) is 6.31. The molecule has 234 valence electrons. The van der Waals surface area contributed by atoms with E-state index in [1.54, 1.807) is 24.3 Å². The summed E-state index contributed by atoms with van der Waals surface area (Å²) in [4.78, 5) is 41.8. The second-order valence-corrected chi connectivity index (χ2v) is 10.0. The fraction of sp³-hybridized carbons (Fsp3) is 0.500. The molecule has 1 aliphatic rings. The number of nitrogens with two attached hydrogens (primary N) is 3. The number of hydrogen-bond donors (Lipinski definition) is 6. The van der Waals surface area contributed by atoms with Crippen LogP contribution in [0.4, 0.5) is 5.69 Å². The largest absolute Gasteiger partial charge is 0.481 e. The minimum Gasteiger partial charge on any atom is -0.481 e. The lowest BCUT2D eigenvalue weighted by Gasteiger charge is -2.18. The van der Waals surface area contributed by atoms with E-state index in [0.29, 0.717) is 43.7 Å². The van der Waals surface area contributed by atoms with Crippen LogP contribution in [0.3, 0.4) is 0 Å². The number of amides is 1. The molecule has 10 nitrogen and oxygen atoms in total. The van der Waals surface area contributed by atoms with Crippen LogP contribution in [0.5, 0.6) is 0 Å². The molecule has 0 saturated heterocycles. The topological polar surface area (TPSA) is 199 Å². The van der Waals surface area contributed by atoms with Gasteiger partial charge in [-0.2, -0.15) is 0 Å². The van der Waals surface area contributed by atoms with E-state index in [1.165, 1.54) is 24.8 Å². The number of aldehydes is 1. The van der Waals surface area contributed by atoms with E-state index in [-0.39, 0.29) is 5.91 Å². The zero-order valence-corrected chi connectivity index (χ0v) is 24.9. The molecule has 2 aromatic carbocycles. The Balaban J connectivity index is 0.000000544. The Morgan fingerprint density at radius 1 is 0.952 bits per heavy atom. The van der Waals surface area contributed by atoms with Gasteiger partial charge in [0, 0.05) is 24.1 Å². The van der Waals surface area contributed by atoms with E-state index >= 15 is 0 Å². The summed E-state index contributed by atoms with van der Waals surface area (Å²) in [6.07, 6.45) is 10.7. The monoisotopic (exact) mass is 586 g/mol. The Hall–Kier alpha value is -3.60. The Bertz CT molecular complexity index is 996. The molecule has 2 aromatic rings. The van der Waals surface area contributed by atoms with Crippen LogP contribution in [0, 0.1) is 5.92 Å². The zero-order chi connectivity index (χ0) is 31.6. The van der Waals surface area contributed by atoms with E-state index in [9.17, 15) is 19.2 Å². The van der Waals surface area contributed by atoms with Crippen LogP contribution in [0.1, 0.15) is 87.1 Å². The lowest BCUT2D eigenvalue weighted by atomic mass is 9.87. The zero-order valence-electron chi connectivity index (χ0n) is 24.9. The van der Waals surface area contributed by atoms with Crippen molar-refractivity contribution in [2.75, 3.05) is 18.4 Å². The van der Waals surface area contributed by atoms with E-state index in [1.807, 2.05) is 25.1 Å². The summed E-state index contributed by atoms with van der Waals surface area (Å²) in [5.74, 6) is -1.10. The molecule has 1 fully saturated rings. The van der Waals surface area contributed by atoms with Gasteiger partial charge in [-0.25, -0.2) is 0 Å². The van der Waals surface area contributed by atoms with Crippen molar-refractivity contribution in [3.05, 3.63) is 65.7 Å². The van der Waals surface area contributed by atoms with Gasteiger partial charge in [0.05, 0.1) is 0 Å². The van der Waals surface area contributed by atoms with Crippen molar-refractivity contribution in [3.63, 3.8) is 0 Å². The SMILES string of the molecule is CCCC(=O)Nc1ccc(C=O)cc1.NCCC[C@H](N)C(=O)O.NCCc1ccccc1.O=C(O)CC1CCCCC1. The molecule has 10 heteroatoms. The molecule has 0 aromatic heterocycles. The minimum atomic E-state index is -0.955. The van der Waals surface area contributed by atoms with Crippen molar-refractivity contribution in [3.8, 4) is 0 Å². The Morgan fingerprint density at radius 2 is 1.57 bits per heavy atom. The fourth-order valence-electron chi connectivity index (χ4n) is 4.01. The molecule has 42 heavy (non-hydrogen) atoms. The lowest BCUT2D eigenvalue weighted by molar-refractivity contribution is -0.139. The third kappa shape index (κ3) is 21.2. The van der Waals surface area contributed by atoms with Gasteiger partial charge < -0.3 is 32.7 Å². The quantitative estimate of drug-likeness (QED) is 0.192. The molecular formula is C32H50N4O6. The number of carboxylic acids is 2. The predicted molar refractivity (Wildman–Crippen MR) is 167 cm³/mol. The van der Waals surface area contributed by atoms with Gasteiger partial charge >= 0.3 is 11.9 Å². The predicted octanol–water partition coefficient (Wildman–Crippen LogP) is 4.60. The number of benzene rings is 2. The summed E-state index contributed by atoms with van der Waals surface area (Å²) in [5.41, 5.74) is 18.3. The van der Waals surface area contributed by atoms with Crippen LogP contribution >= 0.6 is 0 Å². The summed E-state index contributed by atoms with van der Waals surface area (Å²) in [6, 6.07) is 16.3. The van der Waals surface area contributed by atoms with Gasteiger partial charge in [0.15, 0.2) is 0 Å². The number of carbonyl (C=O) groups is 4. The first-order valence-electron chi connectivity index (χ1n) is 14.7. The molecule has 0 heterocycles. The maximum Gasteiger partial charge on any atom is 0.320 e. The van der Waals surface area contributed by atoms with Gasteiger partial charge in [0.1, 0.15) is 12.3 Å². The van der Waals surface area contributed by atoms with Gasteiger partial charge in [-0.1, -0.05) is 56.5 Å². The first-order valence-corrected chi connectivity index (χ1v) is 14.7. The van der Waals surface area contributed by atoms with Crippen molar-refractivity contribution in [2.24, 2.45) is 23.1 Å². The summed E-state index contributed by atoms with van der Waals surface area (Å²) < 4.78 is 0. The lowest BCUT2D eigenvalue weighted by Crippen LogP contribution is -2.30. The number of hydrogen-bond acceptors (Lipinski definition) is 7. The molecule has 3 rings (SSSR count). The van der Waals surface area contributed by atoms with Crippen LogP contribution in [0.25, 0.3) is 0 Å². The van der Waals surface area contributed by atoms with Crippen LogP contribution in [-0.2, 0) is 20.8 Å². The molecule has 0 radical (unpaired) electrons. The first kappa shape index (κ1) is 38.4. The van der Waals surface area contributed by atoms with Crippen LogP contribution in [0.15, 0.2) is 54.6 Å². The smallest absolute Gasteiger partial charge is 0.320 e. The van der Waals surface area contributed by atoms with E-state index in [4.69, 9.17) is 27.4 Å². The number of rotatable bonds is 12. The van der Waals surface area contributed by atoms with Gasteiger partial charge in [-0.05, 0) is 87.4 Å². The Kier molecular flexibility index (Phi) is 23.0. The average Bonchev–Trinajstić information content (AvgIpc) is 2.98. The van der Waals surface area contributed by atoms with Crippen molar-refractivity contribution in [1.82, 2.24) is 0 Å². The summed E-state index contributed by atoms with van der Waals surface area (Å²) in [7, 11) is 0. The number of carboxylic acid groups (broad SMARTS) is 2. The number of anilines is 1. The molecule has 1 saturated carbocycles. The average molecular weight is 587 g/mol. The normalized spacial score (nSPS) is 13.0. The van der Waals surface area contributed by atoms with Crippen LogP contribution < -0.4 is 22.5 Å². The second-order valence-electron chi connectivity index (χ2n) is 10.0. The van der Waals surface area contributed by atoms with Gasteiger partial charge in [-0.3, -0.25) is 19.2 Å². The van der Waals surface area contributed by atoms with Gasteiger partial charge in [0.2, 0.25) is 5.91 Å². The standard InChI is InChI=1S/C11H13NO2.C8H11N.C8H14O2.C5H12N2O2/c1-2-3-11(14)12-10-6-4-9(8-13)5-7-10;9-7-6-8-4-2-1-3-5-8;9-8(10)6-7-4-2-1-3-5-7;6-3-1-2-4(7)5(8)9/h4-8H,2-3H2,1H3,(H,12,14);1-5H,6-7,9H2;7H,1-6H2,(H,9,10);4H,1-3,6-7H2,(H,8,9)/t;;;4-/m...0/s1. The van der Waals surface area contributed by atoms with E-state index in [0.717, 1.165) is 44.2 Å².